The highest BCUT2D eigenvalue weighted by molar-refractivity contribution is 4.61. The molecule has 0 saturated carbocycles. The highest BCUT2D eigenvalue weighted by Gasteiger charge is 2.26. The molecule has 0 radical (unpaired) electrons. The highest BCUT2D eigenvalue weighted by atomic mass is 17.3. The standard InChI is InChI=1S/C16H34O4/c1-12(2)10-11-13(3)14(17-19-15(4,5)6)18-20-16(7,8)9/h12-14H,10-11H2,1-9H3. The normalized spacial score (nSPS) is 15.2. The molecule has 0 aromatic carbocycles. The van der Waals surface area contributed by atoms with Crippen LogP contribution in [0.4, 0.5) is 0 Å². The van der Waals surface area contributed by atoms with Crippen LogP contribution in [0.2, 0.25) is 0 Å². The van der Waals surface area contributed by atoms with Crippen LogP contribution in [0.1, 0.15) is 75.2 Å². The molecular formula is C16H34O4. The van der Waals surface area contributed by atoms with Gasteiger partial charge in [0.15, 0.2) is 0 Å². The predicted molar refractivity (Wildman–Crippen MR) is 80.9 cm³/mol. The van der Waals surface area contributed by atoms with E-state index in [2.05, 4.69) is 20.8 Å². The summed E-state index contributed by atoms with van der Waals surface area (Å²) >= 11 is 0. The molecular weight excluding hydrogens is 256 g/mol. The Bertz CT molecular complexity index is 232. The van der Waals surface area contributed by atoms with E-state index in [9.17, 15) is 0 Å². The van der Waals surface area contributed by atoms with Crippen molar-refractivity contribution in [1.82, 2.24) is 0 Å². The molecule has 0 aliphatic heterocycles. The smallest absolute Gasteiger partial charge is 0.226 e. The molecule has 122 valence electrons. The Morgan fingerprint density at radius 3 is 1.40 bits per heavy atom. The summed E-state index contributed by atoms with van der Waals surface area (Å²) in [7, 11) is 0. The van der Waals surface area contributed by atoms with E-state index in [0.29, 0.717) is 5.92 Å². The van der Waals surface area contributed by atoms with Gasteiger partial charge in [0.05, 0.1) is 11.2 Å². The van der Waals surface area contributed by atoms with Gasteiger partial charge in [-0.2, -0.15) is 0 Å². The first kappa shape index (κ1) is 19.8. The third-order valence-electron chi connectivity index (χ3n) is 2.45. The first-order chi connectivity index (χ1) is 8.91. The van der Waals surface area contributed by atoms with Crippen molar-refractivity contribution in [3.8, 4) is 0 Å². The third-order valence-corrected chi connectivity index (χ3v) is 2.45. The number of rotatable bonds is 8. The predicted octanol–water partition coefficient (Wildman–Crippen LogP) is 4.88. The first-order valence-corrected chi connectivity index (χ1v) is 7.59. The van der Waals surface area contributed by atoms with Crippen molar-refractivity contribution in [2.45, 2.75) is 92.6 Å². The van der Waals surface area contributed by atoms with Crippen molar-refractivity contribution < 1.29 is 19.6 Å². The van der Waals surface area contributed by atoms with Crippen LogP contribution in [0.3, 0.4) is 0 Å². The summed E-state index contributed by atoms with van der Waals surface area (Å²) in [6.45, 7) is 18.1. The molecule has 0 aromatic rings. The van der Waals surface area contributed by atoms with Gasteiger partial charge in [-0.25, -0.2) is 19.6 Å². The summed E-state index contributed by atoms with van der Waals surface area (Å²) < 4.78 is 0. The van der Waals surface area contributed by atoms with E-state index in [0.717, 1.165) is 12.8 Å². The second-order valence-corrected chi connectivity index (χ2v) is 7.90. The summed E-state index contributed by atoms with van der Waals surface area (Å²) in [6, 6.07) is 0. The Hall–Kier alpha value is -0.160. The molecule has 0 fully saturated rings. The maximum atomic E-state index is 5.45. The second-order valence-electron chi connectivity index (χ2n) is 7.90. The van der Waals surface area contributed by atoms with Crippen LogP contribution < -0.4 is 0 Å². The fourth-order valence-electron chi connectivity index (χ4n) is 1.32. The summed E-state index contributed by atoms with van der Waals surface area (Å²) in [5, 5.41) is 0. The molecule has 0 amide bonds. The van der Waals surface area contributed by atoms with Crippen LogP contribution in [-0.2, 0) is 19.6 Å². The minimum absolute atomic E-state index is 0.196. The quantitative estimate of drug-likeness (QED) is 0.363. The summed E-state index contributed by atoms with van der Waals surface area (Å²) in [4.78, 5) is 21.7. The summed E-state index contributed by atoms with van der Waals surface area (Å²) in [5.41, 5.74) is -0.748. The highest BCUT2D eigenvalue weighted by Crippen LogP contribution is 2.22. The zero-order chi connectivity index (χ0) is 16.0. The van der Waals surface area contributed by atoms with E-state index in [1.54, 1.807) is 0 Å². The molecule has 0 aromatic heterocycles. The molecule has 0 rings (SSSR count). The minimum atomic E-state index is -0.521. The molecule has 0 spiro atoms. The van der Waals surface area contributed by atoms with E-state index in [-0.39, 0.29) is 17.1 Å². The zero-order valence-electron chi connectivity index (χ0n) is 14.8. The molecule has 4 nitrogen and oxygen atoms in total. The lowest BCUT2D eigenvalue weighted by Gasteiger charge is -2.29. The van der Waals surface area contributed by atoms with Gasteiger partial charge in [0, 0.05) is 5.92 Å². The van der Waals surface area contributed by atoms with Crippen molar-refractivity contribution in [2.24, 2.45) is 11.8 Å². The zero-order valence-corrected chi connectivity index (χ0v) is 14.8. The maximum absolute atomic E-state index is 5.45. The van der Waals surface area contributed by atoms with Crippen LogP contribution in [-0.4, -0.2) is 17.5 Å². The van der Waals surface area contributed by atoms with Gasteiger partial charge in [-0.1, -0.05) is 27.2 Å². The third kappa shape index (κ3) is 11.6. The lowest BCUT2D eigenvalue weighted by atomic mass is 9.99. The van der Waals surface area contributed by atoms with Crippen molar-refractivity contribution in [1.29, 1.82) is 0 Å². The van der Waals surface area contributed by atoms with Crippen molar-refractivity contribution >= 4 is 0 Å². The molecule has 0 bridgehead atoms. The van der Waals surface area contributed by atoms with Crippen molar-refractivity contribution in [3.05, 3.63) is 0 Å². The van der Waals surface area contributed by atoms with Crippen LogP contribution in [0, 0.1) is 11.8 Å². The molecule has 0 N–H and O–H groups in total. The molecule has 0 aliphatic carbocycles. The SMILES string of the molecule is CC(C)CCC(C)C(OOC(C)(C)C)OOC(C)(C)C. The Balaban J connectivity index is 4.44. The lowest BCUT2D eigenvalue weighted by molar-refractivity contribution is -0.505. The van der Waals surface area contributed by atoms with Gasteiger partial charge in [0.25, 0.3) is 0 Å². The van der Waals surface area contributed by atoms with Gasteiger partial charge in [-0.3, -0.25) is 0 Å². The fourth-order valence-corrected chi connectivity index (χ4v) is 1.32. The van der Waals surface area contributed by atoms with E-state index in [1.807, 2.05) is 41.5 Å². The van der Waals surface area contributed by atoms with Gasteiger partial charge in [-0.05, 0) is 53.9 Å². The summed E-state index contributed by atoms with van der Waals surface area (Å²) in [5.74, 6) is 0.854. The average Bonchev–Trinajstić information content (AvgIpc) is 2.22. The van der Waals surface area contributed by atoms with Gasteiger partial charge in [0.1, 0.15) is 0 Å². The second kappa shape index (κ2) is 8.32. The summed E-state index contributed by atoms with van der Waals surface area (Å²) in [6.07, 6.45) is 1.60. The molecule has 1 atom stereocenters. The lowest BCUT2D eigenvalue weighted by Crippen LogP contribution is -2.33. The Morgan fingerprint density at radius 1 is 0.700 bits per heavy atom. The van der Waals surface area contributed by atoms with Crippen molar-refractivity contribution in [2.75, 3.05) is 0 Å². The minimum Gasteiger partial charge on any atom is -0.228 e. The Morgan fingerprint density at radius 2 is 1.10 bits per heavy atom. The number of hydrogen-bond acceptors (Lipinski definition) is 4. The van der Waals surface area contributed by atoms with Crippen LogP contribution in [0.5, 0.6) is 0 Å². The fraction of sp³-hybridized carbons (Fsp3) is 1.00. The van der Waals surface area contributed by atoms with Gasteiger partial charge < -0.3 is 0 Å². The average molecular weight is 290 g/mol. The molecule has 4 heteroatoms. The first-order valence-electron chi connectivity index (χ1n) is 7.59. The molecule has 0 saturated heterocycles. The van der Waals surface area contributed by atoms with Gasteiger partial charge >= 0.3 is 0 Å². The van der Waals surface area contributed by atoms with Crippen LogP contribution >= 0.6 is 0 Å². The van der Waals surface area contributed by atoms with Gasteiger partial charge in [0.2, 0.25) is 6.29 Å². The van der Waals surface area contributed by atoms with E-state index in [1.165, 1.54) is 0 Å². The van der Waals surface area contributed by atoms with Crippen LogP contribution in [0.25, 0.3) is 0 Å². The largest absolute Gasteiger partial charge is 0.228 e. The van der Waals surface area contributed by atoms with E-state index < -0.39 is 6.29 Å². The van der Waals surface area contributed by atoms with E-state index >= 15 is 0 Å². The Kier molecular flexibility index (Phi) is 8.26. The number of hydrogen-bond donors (Lipinski definition) is 0. The molecule has 20 heavy (non-hydrogen) atoms. The van der Waals surface area contributed by atoms with E-state index in [4.69, 9.17) is 19.6 Å². The topological polar surface area (TPSA) is 36.9 Å². The molecule has 0 aliphatic rings. The molecule has 1 unspecified atom stereocenters. The molecule has 0 heterocycles. The monoisotopic (exact) mass is 290 g/mol. The van der Waals surface area contributed by atoms with Crippen LogP contribution in [0.15, 0.2) is 0 Å². The van der Waals surface area contributed by atoms with Crippen molar-refractivity contribution in [3.63, 3.8) is 0 Å². The Labute approximate surface area is 125 Å². The van der Waals surface area contributed by atoms with Gasteiger partial charge in [-0.15, -0.1) is 0 Å². The maximum Gasteiger partial charge on any atom is 0.226 e.